The fraction of sp³-hybridized carbons (Fsp3) is 0.125. The predicted molar refractivity (Wildman–Crippen MR) is 82.5 cm³/mol. The average molecular weight is 281 g/mol. The van der Waals surface area contributed by atoms with Gasteiger partial charge in [0.2, 0.25) is 0 Å². The van der Waals surface area contributed by atoms with Crippen LogP contribution in [-0.2, 0) is 13.0 Å². The lowest BCUT2D eigenvalue weighted by atomic mass is 10.1. The molecule has 3 rings (SSSR count). The Morgan fingerprint density at radius 3 is 2.60 bits per heavy atom. The summed E-state index contributed by atoms with van der Waals surface area (Å²) >= 11 is 1.67. The highest BCUT2D eigenvalue weighted by Gasteiger charge is 2.06. The number of pyridine rings is 1. The lowest BCUT2D eigenvalue weighted by Gasteiger charge is -1.99. The minimum atomic E-state index is 0.572. The van der Waals surface area contributed by atoms with Crippen LogP contribution in [0, 0.1) is 0 Å². The highest BCUT2D eigenvalue weighted by atomic mass is 32.1. The summed E-state index contributed by atoms with van der Waals surface area (Å²) in [5.74, 6) is 0. The SMILES string of the molecule is NCc1ccc(-c2csc(Cc3ccccn3)n2)cc1. The molecule has 3 nitrogen and oxygen atoms in total. The van der Waals surface area contributed by atoms with Crippen molar-refractivity contribution in [3.8, 4) is 11.3 Å². The molecule has 100 valence electrons. The minimum absolute atomic E-state index is 0.572. The molecular weight excluding hydrogens is 266 g/mol. The van der Waals surface area contributed by atoms with E-state index in [2.05, 4.69) is 27.5 Å². The molecule has 0 aliphatic heterocycles. The van der Waals surface area contributed by atoms with E-state index in [1.807, 2.05) is 36.5 Å². The molecule has 3 aromatic rings. The van der Waals surface area contributed by atoms with Gasteiger partial charge in [-0.1, -0.05) is 30.3 Å². The third-order valence-electron chi connectivity index (χ3n) is 3.10. The highest BCUT2D eigenvalue weighted by molar-refractivity contribution is 7.10. The molecule has 0 saturated heterocycles. The molecule has 0 spiro atoms. The standard InChI is InChI=1S/C16H15N3S/c17-10-12-4-6-13(7-5-12)15-11-20-16(19-15)9-14-3-1-2-8-18-14/h1-8,11H,9-10,17H2. The number of thiazole rings is 1. The first-order chi connectivity index (χ1) is 9.85. The van der Waals surface area contributed by atoms with Crippen LogP contribution in [0.5, 0.6) is 0 Å². The van der Waals surface area contributed by atoms with Crippen molar-refractivity contribution in [2.45, 2.75) is 13.0 Å². The molecule has 0 radical (unpaired) electrons. The van der Waals surface area contributed by atoms with Gasteiger partial charge in [0.1, 0.15) is 0 Å². The van der Waals surface area contributed by atoms with Gasteiger partial charge in [-0.15, -0.1) is 11.3 Å². The van der Waals surface area contributed by atoms with Crippen molar-refractivity contribution in [2.75, 3.05) is 0 Å². The lowest BCUT2D eigenvalue weighted by Crippen LogP contribution is -1.95. The maximum absolute atomic E-state index is 5.61. The second-order valence-electron chi connectivity index (χ2n) is 4.53. The Bertz CT molecular complexity index is 674. The van der Waals surface area contributed by atoms with Crippen LogP contribution in [0.4, 0.5) is 0 Å². The maximum atomic E-state index is 5.61. The van der Waals surface area contributed by atoms with Crippen molar-refractivity contribution in [2.24, 2.45) is 5.73 Å². The molecule has 0 fully saturated rings. The first-order valence-electron chi connectivity index (χ1n) is 6.49. The van der Waals surface area contributed by atoms with Gasteiger partial charge < -0.3 is 5.73 Å². The zero-order valence-corrected chi connectivity index (χ0v) is 11.8. The Balaban J connectivity index is 1.79. The van der Waals surface area contributed by atoms with Crippen LogP contribution in [0.15, 0.2) is 54.0 Å². The fourth-order valence-electron chi connectivity index (χ4n) is 1.99. The molecule has 2 N–H and O–H groups in total. The van der Waals surface area contributed by atoms with Crippen molar-refractivity contribution < 1.29 is 0 Å². The molecule has 0 atom stereocenters. The van der Waals surface area contributed by atoms with E-state index >= 15 is 0 Å². The first kappa shape index (κ1) is 13.0. The van der Waals surface area contributed by atoms with Crippen molar-refractivity contribution in [1.29, 1.82) is 0 Å². The Morgan fingerprint density at radius 1 is 1.05 bits per heavy atom. The largest absolute Gasteiger partial charge is 0.326 e. The monoisotopic (exact) mass is 281 g/mol. The number of aromatic nitrogens is 2. The Labute approximate surface area is 122 Å². The lowest BCUT2D eigenvalue weighted by molar-refractivity contribution is 1.05. The number of hydrogen-bond donors (Lipinski definition) is 1. The van der Waals surface area contributed by atoms with Gasteiger partial charge in [0, 0.05) is 35.8 Å². The molecule has 20 heavy (non-hydrogen) atoms. The molecule has 0 aliphatic rings. The van der Waals surface area contributed by atoms with E-state index in [0.717, 1.165) is 33.9 Å². The second kappa shape index (κ2) is 5.94. The zero-order chi connectivity index (χ0) is 13.8. The molecule has 2 heterocycles. The number of hydrogen-bond acceptors (Lipinski definition) is 4. The van der Waals surface area contributed by atoms with Gasteiger partial charge in [-0.3, -0.25) is 4.98 Å². The van der Waals surface area contributed by atoms with Crippen molar-refractivity contribution in [1.82, 2.24) is 9.97 Å². The quantitative estimate of drug-likeness (QED) is 0.798. The van der Waals surface area contributed by atoms with Crippen LogP contribution in [0.3, 0.4) is 0 Å². The minimum Gasteiger partial charge on any atom is -0.326 e. The Hall–Kier alpha value is -2.04. The van der Waals surface area contributed by atoms with E-state index in [4.69, 9.17) is 5.73 Å². The van der Waals surface area contributed by atoms with Crippen LogP contribution in [-0.4, -0.2) is 9.97 Å². The first-order valence-corrected chi connectivity index (χ1v) is 7.37. The van der Waals surface area contributed by atoms with E-state index in [9.17, 15) is 0 Å². The number of nitrogens with two attached hydrogens (primary N) is 1. The molecule has 1 aromatic carbocycles. The van der Waals surface area contributed by atoms with Gasteiger partial charge in [0.25, 0.3) is 0 Å². The van der Waals surface area contributed by atoms with Gasteiger partial charge in [-0.2, -0.15) is 0 Å². The van der Waals surface area contributed by atoms with Gasteiger partial charge in [0.15, 0.2) is 0 Å². The summed E-state index contributed by atoms with van der Waals surface area (Å²) in [6.07, 6.45) is 2.60. The smallest absolute Gasteiger partial charge is 0.0992 e. The van der Waals surface area contributed by atoms with Crippen molar-refractivity contribution >= 4 is 11.3 Å². The van der Waals surface area contributed by atoms with E-state index < -0.39 is 0 Å². The van der Waals surface area contributed by atoms with Gasteiger partial charge >= 0.3 is 0 Å². The maximum Gasteiger partial charge on any atom is 0.0992 e. The zero-order valence-electron chi connectivity index (χ0n) is 11.0. The van der Waals surface area contributed by atoms with Crippen LogP contribution in [0.2, 0.25) is 0 Å². The van der Waals surface area contributed by atoms with Gasteiger partial charge in [0.05, 0.1) is 10.7 Å². The Morgan fingerprint density at radius 2 is 1.90 bits per heavy atom. The third-order valence-corrected chi connectivity index (χ3v) is 3.94. The van der Waals surface area contributed by atoms with Crippen LogP contribution < -0.4 is 5.73 Å². The van der Waals surface area contributed by atoms with E-state index in [-0.39, 0.29) is 0 Å². The molecular formula is C16H15N3S. The summed E-state index contributed by atoms with van der Waals surface area (Å²) in [6, 6.07) is 14.2. The third kappa shape index (κ3) is 2.92. The molecule has 0 saturated carbocycles. The second-order valence-corrected chi connectivity index (χ2v) is 5.47. The van der Waals surface area contributed by atoms with E-state index in [1.165, 1.54) is 0 Å². The fourth-order valence-corrected chi connectivity index (χ4v) is 2.81. The van der Waals surface area contributed by atoms with Gasteiger partial charge in [-0.05, 0) is 17.7 Å². The van der Waals surface area contributed by atoms with E-state index in [1.54, 1.807) is 11.3 Å². The molecule has 0 amide bonds. The Kier molecular flexibility index (Phi) is 3.85. The molecule has 0 bridgehead atoms. The van der Waals surface area contributed by atoms with Gasteiger partial charge in [-0.25, -0.2) is 4.98 Å². The van der Waals surface area contributed by atoms with Crippen LogP contribution in [0.1, 0.15) is 16.3 Å². The summed E-state index contributed by atoms with van der Waals surface area (Å²) in [5.41, 5.74) is 9.94. The van der Waals surface area contributed by atoms with Crippen molar-refractivity contribution in [3.63, 3.8) is 0 Å². The predicted octanol–water partition coefficient (Wildman–Crippen LogP) is 3.25. The van der Waals surface area contributed by atoms with Crippen LogP contribution in [0.25, 0.3) is 11.3 Å². The van der Waals surface area contributed by atoms with E-state index in [0.29, 0.717) is 6.54 Å². The number of nitrogens with zero attached hydrogens (tertiary/aromatic N) is 2. The summed E-state index contributed by atoms with van der Waals surface area (Å²) in [7, 11) is 0. The highest BCUT2D eigenvalue weighted by Crippen LogP contribution is 2.23. The number of benzene rings is 1. The molecule has 0 aliphatic carbocycles. The summed E-state index contributed by atoms with van der Waals surface area (Å²) in [4.78, 5) is 9.01. The number of rotatable bonds is 4. The molecule has 0 unspecified atom stereocenters. The summed E-state index contributed by atoms with van der Waals surface area (Å²) in [5, 5.41) is 3.18. The van der Waals surface area contributed by atoms with Crippen molar-refractivity contribution in [3.05, 3.63) is 70.3 Å². The normalized spacial score (nSPS) is 10.7. The molecule has 2 aromatic heterocycles. The average Bonchev–Trinajstić information content (AvgIpc) is 2.97. The summed E-state index contributed by atoms with van der Waals surface area (Å²) < 4.78 is 0. The van der Waals surface area contributed by atoms with Crippen LogP contribution >= 0.6 is 11.3 Å². The topological polar surface area (TPSA) is 51.8 Å². The summed E-state index contributed by atoms with van der Waals surface area (Å²) in [6.45, 7) is 0.572. The molecule has 4 heteroatoms.